The van der Waals surface area contributed by atoms with Crippen LogP contribution in [-0.2, 0) is 4.79 Å². The summed E-state index contributed by atoms with van der Waals surface area (Å²) in [5, 5.41) is 3.29. The highest BCUT2D eigenvalue weighted by atomic mass is 16.2. The van der Waals surface area contributed by atoms with Gasteiger partial charge in [0, 0.05) is 29.8 Å². The number of hydrogen-bond acceptors (Lipinski definition) is 5. The van der Waals surface area contributed by atoms with Crippen molar-refractivity contribution in [1.82, 2.24) is 21.4 Å². The van der Waals surface area contributed by atoms with Crippen LogP contribution in [0.15, 0.2) is 48.8 Å². The molecule has 0 spiro atoms. The van der Waals surface area contributed by atoms with Crippen molar-refractivity contribution in [2.75, 3.05) is 5.32 Å². The van der Waals surface area contributed by atoms with Crippen LogP contribution in [0, 0.1) is 0 Å². The molecule has 4 N–H and O–H groups in total. The Morgan fingerprint density at radius 2 is 1.71 bits per heavy atom. The van der Waals surface area contributed by atoms with Crippen LogP contribution in [0.3, 0.4) is 0 Å². The van der Waals surface area contributed by atoms with Gasteiger partial charge >= 0.3 is 0 Å². The minimum atomic E-state index is -0.207. The first kappa shape index (κ1) is 13.5. The fourth-order valence-electron chi connectivity index (χ4n) is 2.42. The summed E-state index contributed by atoms with van der Waals surface area (Å²) in [6.07, 6.45) is 3.48. The van der Waals surface area contributed by atoms with Gasteiger partial charge in [0.25, 0.3) is 0 Å². The van der Waals surface area contributed by atoms with Gasteiger partial charge in [-0.05, 0) is 36.8 Å². The highest BCUT2D eigenvalue weighted by molar-refractivity contribution is 5.84. The van der Waals surface area contributed by atoms with E-state index >= 15 is 0 Å². The van der Waals surface area contributed by atoms with E-state index in [2.05, 4.69) is 26.7 Å². The zero-order valence-corrected chi connectivity index (χ0v) is 11.6. The molecule has 2 atom stereocenters. The molecular formula is C15H17N5O. The van der Waals surface area contributed by atoms with E-state index in [1.807, 2.05) is 43.3 Å². The first-order chi connectivity index (χ1) is 10.2. The van der Waals surface area contributed by atoms with Crippen LogP contribution >= 0.6 is 0 Å². The van der Waals surface area contributed by atoms with E-state index in [-0.39, 0.29) is 17.9 Å². The lowest BCUT2D eigenvalue weighted by Gasteiger charge is -2.30. The van der Waals surface area contributed by atoms with Crippen molar-refractivity contribution in [2.45, 2.75) is 18.9 Å². The topological polar surface area (TPSA) is 78.1 Å². The van der Waals surface area contributed by atoms with Gasteiger partial charge in [-0.15, -0.1) is 0 Å². The van der Waals surface area contributed by atoms with Crippen LogP contribution in [0.5, 0.6) is 0 Å². The van der Waals surface area contributed by atoms with Gasteiger partial charge in [0.15, 0.2) is 0 Å². The van der Waals surface area contributed by atoms with E-state index in [9.17, 15) is 4.79 Å². The fraction of sp³-hybridized carbons (Fsp3) is 0.200. The van der Waals surface area contributed by atoms with Crippen LogP contribution in [0.1, 0.15) is 18.4 Å². The summed E-state index contributed by atoms with van der Waals surface area (Å²) in [7, 11) is 0. The maximum atomic E-state index is 11.9. The maximum Gasteiger partial charge on any atom is 0.244 e. The summed E-state index contributed by atoms with van der Waals surface area (Å²) in [6, 6.07) is 11.7. The third kappa shape index (κ3) is 3.01. The molecule has 3 rings (SSSR count). The second kappa shape index (κ2) is 5.90. The molecule has 0 radical (unpaired) electrons. The van der Waals surface area contributed by atoms with Crippen molar-refractivity contribution >= 4 is 17.3 Å². The van der Waals surface area contributed by atoms with E-state index in [1.54, 1.807) is 12.4 Å². The largest absolute Gasteiger partial charge is 0.355 e. The van der Waals surface area contributed by atoms with E-state index in [0.29, 0.717) is 0 Å². The molecule has 2 aromatic rings. The maximum absolute atomic E-state index is 11.9. The lowest BCUT2D eigenvalue weighted by Crippen LogP contribution is -2.60. The number of pyridine rings is 1. The number of rotatable bonds is 3. The lowest BCUT2D eigenvalue weighted by molar-refractivity contribution is -0.126. The normalized spacial score (nSPS) is 21.7. The van der Waals surface area contributed by atoms with Gasteiger partial charge in [-0.2, -0.15) is 5.53 Å². The molecule has 0 saturated carbocycles. The lowest BCUT2D eigenvalue weighted by atomic mass is 9.91. The molecule has 1 saturated heterocycles. The molecule has 108 valence electrons. The van der Waals surface area contributed by atoms with Gasteiger partial charge in [-0.1, -0.05) is 12.1 Å². The van der Waals surface area contributed by atoms with Crippen molar-refractivity contribution in [3.8, 4) is 0 Å². The Morgan fingerprint density at radius 1 is 1.05 bits per heavy atom. The summed E-state index contributed by atoms with van der Waals surface area (Å²) < 4.78 is 0. The van der Waals surface area contributed by atoms with Crippen molar-refractivity contribution in [2.24, 2.45) is 0 Å². The summed E-state index contributed by atoms with van der Waals surface area (Å²) in [5.41, 5.74) is 11.2. The molecule has 6 heteroatoms. The average Bonchev–Trinajstić information content (AvgIpc) is 2.50. The summed E-state index contributed by atoms with van der Waals surface area (Å²) in [6.45, 7) is 1.97. The molecule has 2 unspecified atom stereocenters. The summed E-state index contributed by atoms with van der Waals surface area (Å²) in [5.74, 6) is -0.239. The number of carbonyl (C=O) groups excluding carboxylic acids is 1. The Hall–Kier alpha value is -2.44. The number of anilines is 2. The predicted octanol–water partition coefficient (Wildman–Crippen LogP) is 1.44. The van der Waals surface area contributed by atoms with E-state index < -0.39 is 0 Å². The van der Waals surface area contributed by atoms with E-state index in [0.717, 1.165) is 16.9 Å². The minimum Gasteiger partial charge on any atom is -0.355 e. The molecule has 21 heavy (non-hydrogen) atoms. The molecule has 1 aliphatic rings. The highest BCUT2D eigenvalue weighted by Gasteiger charge is 2.29. The van der Waals surface area contributed by atoms with Gasteiger partial charge < -0.3 is 5.32 Å². The number of amides is 1. The molecule has 1 aromatic heterocycles. The third-order valence-electron chi connectivity index (χ3n) is 3.51. The van der Waals surface area contributed by atoms with Gasteiger partial charge in [-0.3, -0.25) is 15.2 Å². The third-order valence-corrected chi connectivity index (χ3v) is 3.51. The monoisotopic (exact) mass is 283 g/mol. The number of hydrogen-bond donors (Lipinski definition) is 4. The zero-order chi connectivity index (χ0) is 14.7. The Morgan fingerprint density at radius 3 is 2.38 bits per heavy atom. The first-order valence-corrected chi connectivity index (χ1v) is 6.81. The van der Waals surface area contributed by atoms with E-state index in [1.165, 1.54) is 0 Å². The second-order valence-corrected chi connectivity index (χ2v) is 5.01. The quantitative estimate of drug-likeness (QED) is 0.685. The Labute approximate surface area is 122 Å². The van der Waals surface area contributed by atoms with Crippen LogP contribution < -0.4 is 21.7 Å². The van der Waals surface area contributed by atoms with Crippen LogP contribution in [-0.4, -0.2) is 16.9 Å². The SMILES string of the molecule is CC1NNNC(=O)C1c1ccc(Nc2ccncc2)cc1. The van der Waals surface area contributed by atoms with Crippen LogP contribution in [0.2, 0.25) is 0 Å². The van der Waals surface area contributed by atoms with Crippen LogP contribution in [0.4, 0.5) is 11.4 Å². The predicted molar refractivity (Wildman–Crippen MR) is 80.6 cm³/mol. The second-order valence-electron chi connectivity index (χ2n) is 5.01. The molecule has 0 bridgehead atoms. The number of carbonyl (C=O) groups is 1. The Kier molecular flexibility index (Phi) is 3.81. The molecule has 1 aliphatic heterocycles. The zero-order valence-electron chi connectivity index (χ0n) is 11.6. The van der Waals surface area contributed by atoms with Gasteiger partial charge in [0.05, 0.1) is 5.92 Å². The Bertz CT molecular complexity index is 614. The van der Waals surface area contributed by atoms with Gasteiger partial charge in [-0.25, -0.2) is 5.43 Å². The number of aromatic nitrogens is 1. The van der Waals surface area contributed by atoms with Crippen LogP contribution in [0.25, 0.3) is 0 Å². The molecule has 1 fully saturated rings. The smallest absolute Gasteiger partial charge is 0.244 e. The molecule has 1 aromatic carbocycles. The van der Waals surface area contributed by atoms with Crippen molar-refractivity contribution in [3.63, 3.8) is 0 Å². The van der Waals surface area contributed by atoms with Crippen molar-refractivity contribution in [1.29, 1.82) is 0 Å². The fourth-order valence-corrected chi connectivity index (χ4v) is 2.42. The van der Waals surface area contributed by atoms with Gasteiger partial charge in [0.2, 0.25) is 5.91 Å². The summed E-state index contributed by atoms with van der Waals surface area (Å²) >= 11 is 0. The molecule has 0 aliphatic carbocycles. The highest BCUT2D eigenvalue weighted by Crippen LogP contribution is 2.24. The molecular weight excluding hydrogens is 266 g/mol. The molecule has 2 heterocycles. The standard InChI is InChI=1S/C15H17N5O/c1-10-14(15(21)19-20-18-10)11-2-4-12(5-3-11)17-13-6-8-16-9-7-13/h2-10,14,18,20H,1H3,(H,16,17)(H,19,21). The van der Waals surface area contributed by atoms with Gasteiger partial charge in [0.1, 0.15) is 0 Å². The number of nitrogens with zero attached hydrogens (tertiary/aromatic N) is 1. The number of hydrazine groups is 2. The summed E-state index contributed by atoms with van der Waals surface area (Å²) in [4.78, 5) is 15.9. The van der Waals surface area contributed by atoms with E-state index in [4.69, 9.17) is 0 Å². The average molecular weight is 283 g/mol. The minimum absolute atomic E-state index is 0.0257. The Balaban J connectivity index is 1.76. The van der Waals surface area contributed by atoms with Crippen molar-refractivity contribution < 1.29 is 4.79 Å². The first-order valence-electron chi connectivity index (χ1n) is 6.81. The number of benzene rings is 1. The molecule has 6 nitrogen and oxygen atoms in total. The molecule has 1 amide bonds. The van der Waals surface area contributed by atoms with Crippen molar-refractivity contribution in [3.05, 3.63) is 54.4 Å². The number of nitrogens with one attached hydrogen (secondary N) is 4.